The Morgan fingerprint density at radius 2 is 1.83 bits per heavy atom. The van der Waals surface area contributed by atoms with Crippen LogP contribution in [0.3, 0.4) is 0 Å². The van der Waals surface area contributed by atoms with Crippen LogP contribution in [-0.2, 0) is 19.1 Å². The van der Waals surface area contributed by atoms with Gasteiger partial charge in [-0.2, -0.15) is 0 Å². The highest BCUT2D eigenvalue weighted by molar-refractivity contribution is 8.01. The maximum absolute atomic E-state index is 11.8. The number of ether oxygens (including phenoxy) is 1. The van der Waals surface area contributed by atoms with E-state index in [-0.39, 0.29) is 24.2 Å². The van der Waals surface area contributed by atoms with Gasteiger partial charge >= 0.3 is 5.97 Å². The molecule has 6 nitrogen and oxygen atoms in total. The maximum atomic E-state index is 11.8. The van der Waals surface area contributed by atoms with Gasteiger partial charge in [0.25, 0.3) is 5.91 Å². The molecular formula is C16H22N2O4S. The highest BCUT2D eigenvalue weighted by Gasteiger charge is 2.18. The van der Waals surface area contributed by atoms with E-state index in [0.717, 1.165) is 17.3 Å². The molecule has 0 saturated carbocycles. The molecule has 7 heteroatoms. The summed E-state index contributed by atoms with van der Waals surface area (Å²) in [5, 5.41) is 2.24. The lowest BCUT2D eigenvalue weighted by atomic mass is 10.2. The number of hydrogen-bond donors (Lipinski definition) is 1. The van der Waals surface area contributed by atoms with Gasteiger partial charge in [-0.1, -0.05) is 17.7 Å². The van der Waals surface area contributed by atoms with Crippen LogP contribution in [-0.4, -0.2) is 54.4 Å². The second-order valence-electron chi connectivity index (χ2n) is 5.26. The first kappa shape index (κ1) is 19.0. The van der Waals surface area contributed by atoms with E-state index >= 15 is 0 Å². The fourth-order valence-corrected chi connectivity index (χ4v) is 2.16. The summed E-state index contributed by atoms with van der Waals surface area (Å²) in [5.74, 6) is -0.852. The Hall–Kier alpha value is -2.02. The van der Waals surface area contributed by atoms with Crippen LogP contribution in [0.25, 0.3) is 0 Å². The van der Waals surface area contributed by atoms with Crippen LogP contribution in [0.15, 0.2) is 24.3 Å². The highest BCUT2D eigenvalue weighted by atomic mass is 32.2. The Bertz CT molecular complexity index is 558. The average molecular weight is 338 g/mol. The number of nitrogens with one attached hydrogen (secondary N) is 1. The van der Waals surface area contributed by atoms with E-state index in [1.165, 1.54) is 4.90 Å². The van der Waals surface area contributed by atoms with Crippen molar-refractivity contribution in [2.45, 2.75) is 19.1 Å². The van der Waals surface area contributed by atoms with Crippen molar-refractivity contribution in [1.29, 1.82) is 0 Å². The summed E-state index contributed by atoms with van der Waals surface area (Å²) in [5.41, 5.74) is 1.83. The second-order valence-corrected chi connectivity index (χ2v) is 6.59. The lowest BCUT2D eigenvalue weighted by molar-refractivity contribution is -0.150. The van der Waals surface area contributed by atoms with E-state index in [1.807, 2.05) is 31.2 Å². The van der Waals surface area contributed by atoms with Crippen LogP contribution in [0.5, 0.6) is 0 Å². The number of aryl methyl sites for hydroxylation is 1. The zero-order chi connectivity index (χ0) is 17.4. The molecule has 23 heavy (non-hydrogen) atoms. The van der Waals surface area contributed by atoms with Crippen LogP contribution in [0, 0.1) is 6.92 Å². The molecule has 0 unspecified atom stereocenters. The molecule has 0 saturated heterocycles. The number of esters is 1. The molecule has 1 atom stereocenters. The van der Waals surface area contributed by atoms with Crippen molar-refractivity contribution in [2.75, 3.05) is 31.8 Å². The third-order valence-electron chi connectivity index (χ3n) is 2.97. The van der Waals surface area contributed by atoms with Crippen LogP contribution in [0.1, 0.15) is 12.5 Å². The molecule has 0 aromatic heterocycles. The molecule has 1 N–H and O–H groups in total. The van der Waals surface area contributed by atoms with E-state index in [2.05, 4.69) is 5.32 Å². The fraction of sp³-hybridized carbons (Fsp3) is 0.438. The van der Waals surface area contributed by atoms with Gasteiger partial charge in [-0.15, -0.1) is 11.8 Å². The molecule has 0 aliphatic rings. The van der Waals surface area contributed by atoms with Gasteiger partial charge in [-0.05, 0) is 26.0 Å². The Morgan fingerprint density at radius 3 is 2.39 bits per heavy atom. The molecule has 0 radical (unpaired) electrons. The van der Waals surface area contributed by atoms with Crippen molar-refractivity contribution in [3.8, 4) is 0 Å². The second kappa shape index (κ2) is 9.19. The number of carbonyl (C=O) groups is 3. The zero-order valence-corrected chi connectivity index (χ0v) is 14.6. The molecule has 2 amide bonds. The molecule has 0 spiro atoms. The maximum Gasteiger partial charge on any atom is 0.319 e. The normalized spacial score (nSPS) is 11.5. The predicted octanol–water partition coefficient (Wildman–Crippen LogP) is 1.69. The minimum Gasteiger partial charge on any atom is -0.455 e. The van der Waals surface area contributed by atoms with Crippen molar-refractivity contribution in [3.05, 3.63) is 29.8 Å². The Labute approximate surface area is 140 Å². The number of thioether (sulfide) groups is 1. The third kappa shape index (κ3) is 7.19. The molecule has 1 aromatic carbocycles. The summed E-state index contributed by atoms with van der Waals surface area (Å²) in [7, 11) is 3.17. The van der Waals surface area contributed by atoms with Gasteiger partial charge in [-0.25, -0.2) is 0 Å². The summed E-state index contributed by atoms with van der Waals surface area (Å²) in [6.07, 6.45) is 0. The number of anilines is 1. The number of amides is 2. The molecule has 1 aromatic rings. The Balaban J connectivity index is 2.32. The quantitative estimate of drug-likeness (QED) is 0.766. The largest absolute Gasteiger partial charge is 0.455 e. The minimum atomic E-state index is -0.520. The summed E-state index contributed by atoms with van der Waals surface area (Å²) < 4.78 is 4.91. The summed E-state index contributed by atoms with van der Waals surface area (Å²) in [6, 6.07) is 7.46. The number of rotatable bonds is 7. The van der Waals surface area contributed by atoms with Gasteiger partial charge in [0, 0.05) is 19.8 Å². The van der Waals surface area contributed by atoms with Gasteiger partial charge in [0.2, 0.25) is 5.91 Å². The summed E-state index contributed by atoms with van der Waals surface area (Å²) >= 11 is 1.16. The molecule has 0 heterocycles. The Kier molecular flexibility index (Phi) is 7.61. The zero-order valence-electron chi connectivity index (χ0n) is 13.8. The van der Waals surface area contributed by atoms with E-state index in [9.17, 15) is 14.4 Å². The van der Waals surface area contributed by atoms with E-state index in [1.54, 1.807) is 21.0 Å². The number of carbonyl (C=O) groups excluding carboxylic acids is 3. The van der Waals surface area contributed by atoms with Gasteiger partial charge in [-0.3, -0.25) is 14.4 Å². The van der Waals surface area contributed by atoms with Crippen LogP contribution >= 0.6 is 11.8 Å². The van der Waals surface area contributed by atoms with E-state index in [4.69, 9.17) is 4.74 Å². The van der Waals surface area contributed by atoms with Gasteiger partial charge in [0.1, 0.15) is 5.25 Å². The molecule has 126 valence electrons. The number of hydrogen-bond acceptors (Lipinski definition) is 5. The molecular weight excluding hydrogens is 316 g/mol. The summed E-state index contributed by atoms with van der Waals surface area (Å²) in [6.45, 7) is 3.33. The predicted molar refractivity (Wildman–Crippen MR) is 91.4 cm³/mol. The third-order valence-corrected chi connectivity index (χ3v) is 4.09. The highest BCUT2D eigenvalue weighted by Crippen LogP contribution is 2.14. The lowest BCUT2D eigenvalue weighted by Crippen LogP contribution is -2.30. The molecule has 0 bridgehead atoms. The first-order valence-electron chi connectivity index (χ1n) is 7.14. The average Bonchev–Trinajstić information content (AvgIpc) is 2.51. The Morgan fingerprint density at radius 1 is 1.22 bits per heavy atom. The lowest BCUT2D eigenvalue weighted by Gasteiger charge is -2.13. The molecule has 0 fully saturated rings. The molecule has 0 aliphatic heterocycles. The van der Waals surface area contributed by atoms with Gasteiger partial charge < -0.3 is 15.0 Å². The molecule has 0 aliphatic carbocycles. The van der Waals surface area contributed by atoms with Crippen molar-refractivity contribution in [2.24, 2.45) is 0 Å². The summed E-state index contributed by atoms with van der Waals surface area (Å²) in [4.78, 5) is 36.3. The van der Waals surface area contributed by atoms with Crippen molar-refractivity contribution >= 4 is 35.2 Å². The monoisotopic (exact) mass is 338 g/mol. The smallest absolute Gasteiger partial charge is 0.319 e. The van der Waals surface area contributed by atoms with Gasteiger partial charge in [0.15, 0.2) is 6.61 Å². The van der Waals surface area contributed by atoms with Crippen LogP contribution in [0.2, 0.25) is 0 Å². The van der Waals surface area contributed by atoms with Crippen molar-refractivity contribution in [1.82, 2.24) is 4.90 Å². The van der Waals surface area contributed by atoms with Crippen LogP contribution < -0.4 is 5.32 Å². The first-order valence-corrected chi connectivity index (χ1v) is 8.19. The first-order chi connectivity index (χ1) is 10.8. The number of likely N-dealkylation sites (N-methyl/N-ethyl adjacent to an activating group) is 1. The molecule has 1 rings (SSSR count). The van der Waals surface area contributed by atoms with Crippen LogP contribution in [0.4, 0.5) is 5.69 Å². The van der Waals surface area contributed by atoms with Crippen molar-refractivity contribution in [3.63, 3.8) is 0 Å². The topological polar surface area (TPSA) is 75.7 Å². The van der Waals surface area contributed by atoms with Crippen molar-refractivity contribution < 1.29 is 19.1 Å². The van der Waals surface area contributed by atoms with Gasteiger partial charge in [0.05, 0.1) is 5.75 Å². The number of nitrogens with zero attached hydrogens (tertiary/aromatic N) is 1. The number of benzene rings is 1. The van der Waals surface area contributed by atoms with E-state index < -0.39 is 11.2 Å². The minimum absolute atomic E-state index is 0.131. The fourth-order valence-electron chi connectivity index (χ4n) is 1.48. The standard InChI is InChI=1S/C16H22N2O4S/c1-11-5-7-13(8-6-11)17-14(19)10-23-12(2)16(21)22-9-15(20)18(3)4/h5-8,12H,9-10H2,1-4H3,(H,17,19)/t12-/m0/s1. The SMILES string of the molecule is Cc1ccc(NC(=O)CS[C@@H](C)C(=O)OCC(=O)N(C)C)cc1. The van der Waals surface area contributed by atoms with E-state index in [0.29, 0.717) is 5.69 Å².